The van der Waals surface area contributed by atoms with Gasteiger partial charge < -0.3 is 14.6 Å². The number of carbonyl (C=O) groups is 1. The zero-order valence-electron chi connectivity index (χ0n) is 15.9. The molecule has 12 heteroatoms. The molecule has 0 amide bonds. The Hall–Kier alpha value is -3.21. The van der Waals surface area contributed by atoms with E-state index < -0.39 is 29.1 Å². The summed E-state index contributed by atoms with van der Waals surface area (Å²) in [5.74, 6) is -1.28. The van der Waals surface area contributed by atoms with Gasteiger partial charge in [0, 0.05) is 19.2 Å². The first-order valence-electron chi connectivity index (χ1n) is 8.18. The van der Waals surface area contributed by atoms with E-state index in [1.807, 2.05) is 0 Å². The second-order valence-electron chi connectivity index (χ2n) is 6.00. The van der Waals surface area contributed by atoms with Gasteiger partial charge in [-0.25, -0.2) is 14.2 Å². The molecule has 0 aliphatic carbocycles. The van der Waals surface area contributed by atoms with E-state index in [1.54, 1.807) is 0 Å². The number of aliphatic carboxylic acids is 1. The summed E-state index contributed by atoms with van der Waals surface area (Å²) >= 11 is 6.03. The Morgan fingerprint density at radius 1 is 1.23 bits per heavy atom. The van der Waals surface area contributed by atoms with Gasteiger partial charge in [-0.1, -0.05) is 11.6 Å². The summed E-state index contributed by atoms with van der Waals surface area (Å²) in [5.41, 5.74) is -4.01. The molecule has 1 heterocycles. The Kier molecular flexibility index (Phi) is 6.66. The molecule has 0 saturated heterocycles. The van der Waals surface area contributed by atoms with Gasteiger partial charge in [-0.2, -0.15) is 13.2 Å². The molecule has 0 atom stereocenters. The summed E-state index contributed by atoms with van der Waals surface area (Å²) in [5, 5.41) is 9.07. The van der Waals surface area contributed by atoms with Crippen LogP contribution in [0.1, 0.15) is 12.6 Å². The molecule has 2 rings (SSSR count). The van der Waals surface area contributed by atoms with Gasteiger partial charge >= 0.3 is 17.8 Å². The van der Waals surface area contributed by atoms with Crippen molar-refractivity contribution in [1.29, 1.82) is 0 Å². The molecule has 162 valence electrons. The van der Waals surface area contributed by atoms with Gasteiger partial charge in [-0.15, -0.1) is 0 Å². The Labute approximate surface area is 172 Å². The number of hydrogen-bond acceptors (Lipinski definition) is 5. The Balaban J connectivity index is 2.52. The lowest BCUT2D eigenvalue weighted by Crippen LogP contribution is -2.40. The van der Waals surface area contributed by atoms with Crippen LogP contribution < -0.4 is 16.0 Å². The minimum Gasteiger partial charge on any atom is -0.497 e. The summed E-state index contributed by atoms with van der Waals surface area (Å²) < 4.78 is 50.2. The first kappa shape index (κ1) is 23.1. The minimum atomic E-state index is -4.88. The monoisotopic (exact) mass is 448 g/mol. The van der Waals surface area contributed by atoms with Crippen LogP contribution in [0, 0.1) is 0 Å². The molecule has 0 unspecified atom stereocenters. The van der Waals surface area contributed by atoms with E-state index in [2.05, 4.69) is 0 Å². The third-order valence-electron chi connectivity index (χ3n) is 4.13. The third kappa shape index (κ3) is 4.67. The van der Waals surface area contributed by atoms with Gasteiger partial charge in [-0.05, 0) is 19.1 Å². The summed E-state index contributed by atoms with van der Waals surface area (Å²) in [6, 6.07) is 4.00. The quantitative estimate of drug-likeness (QED) is 0.538. The number of rotatable bonds is 6. The normalized spacial score (nSPS) is 12.4. The van der Waals surface area contributed by atoms with E-state index in [1.165, 1.54) is 32.2 Å². The molecule has 1 N–H and O–H groups in total. The number of methoxy groups -OCH3 is 1. The molecule has 0 bridgehead atoms. The summed E-state index contributed by atoms with van der Waals surface area (Å²) in [4.78, 5) is 35.7. The van der Waals surface area contributed by atoms with Crippen LogP contribution in [0.5, 0.6) is 5.75 Å². The standard InChI is InChI=1S/C18H16ClF3N2O6/c1-9(16(26)27)13(29-3)8-30-12-6-10(4-5-11(12)19)24-15(25)7-14(18(20,21)22)23(2)17(24)28/h4-7H,8H2,1-3H3,(H,26,27). The number of ether oxygens (including phenoxy) is 2. The first-order chi connectivity index (χ1) is 13.9. The van der Waals surface area contributed by atoms with Crippen LogP contribution in [0.2, 0.25) is 5.02 Å². The van der Waals surface area contributed by atoms with Gasteiger partial charge in [0.05, 0.1) is 23.4 Å². The molecule has 1 aromatic heterocycles. The maximum atomic E-state index is 13.0. The average Bonchev–Trinajstić information content (AvgIpc) is 2.66. The van der Waals surface area contributed by atoms with E-state index in [-0.39, 0.29) is 34.4 Å². The number of aromatic nitrogens is 2. The van der Waals surface area contributed by atoms with Crippen LogP contribution in [0.4, 0.5) is 13.2 Å². The van der Waals surface area contributed by atoms with Crippen LogP contribution in [0.3, 0.4) is 0 Å². The van der Waals surface area contributed by atoms with E-state index in [9.17, 15) is 27.6 Å². The lowest BCUT2D eigenvalue weighted by atomic mass is 10.2. The Morgan fingerprint density at radius 2 is 1.87 bits per heavy atom. The fraction of sp³-hybridized carbons (Fsp3) is 0.278. The Bertz CT molecular complexity index is 1130. The van der Waals surface area contributed by atoms with Crippen LogP contribution in [0.25, 0.3) is 5.69 Å². The number of halogens is 4. The van der Waals surface area contributed by atoms with Crippen molar-refractivity contribution in [2.24, 2.45) is 7.05 Å². The van der Waals surface area contributed by atoms with Crippen molar-refractivity contribution >= 4 is 17.6 Å². The van der Waals surface area contributed by atoms with Crippen molar-refractivity contribution in [2.45, 2.75) is 13.1 Å². The predicted octanol–water partition coefficient (Wildman–Crippen LogP) is 2.59. The average molecular weight is 449 g/mol. The van der Waals surface area contributed by atoms with Crippen molar-refractivity contribution in [2.75, 3.05) is 13.7 Å². The van der Waals surface area contributed by atoms with Crippen LogP contribution >= 0.6 is 11.6 Å². The molecular formula is C18H16ClF3N2O6. The third-order valence-corrected chi connectivity index (χ3v) is 4.44. The van der Waals surface area contributed by atoms with E-state index >= 15 is 0 Å². The maximum absolute atomic E-state index is 13.0. The van der Waals surface area contributed by atoms with E-state index in [4.69, 9.17) is 26.2 Å². The lowest BCUT2D eigenvalue weighted by Gasteiger charge is -2.15. The summed E-state index contributed by atoms with van der Waals surface area (Å²) in [6.07, 6.45) is -4.88. The second kappa shape index (κ2) is 8.66. The smallest absolute Gasteiger partial charge is 0.431 e. The number of carboxylic acid groups (broad SMARTS) is 1. The first-order valence-corrected chi connectivity index (χ1v) is 8.56. The molecule has 0 spiro atoms. The molecule has 0 aliphatic heterocycles. The van der Waals surface area contributed by atoms with Crippen LogP contribution in [0.15, 0.2) is 45.2 Å². The van der Waals surface area contributed by atoms with Crippen LogP contribution in [-0.2, 0) is 22.8 Å². The van der Waals surface area contributed by atoms with Crippen molar-refractivity contribution in [3.8, 4) is 11.4 Å². The molecule has 0 fully saturated rings. The number of benzene rings is 1. The van der Waals surface area contributed by atoms with Crippen molar-refractivity contribution in [1.82, 2.24) is 9.13 Å². The Morgan fingerprint density at radius 3 is 2.40 bits per heavy atom. The molecular weight excluding hydrogens is 433 g/mol. The molecule has 8 nitrogen and oxygen atoms in total. The zero-order valence-corrected chi connectivity index (χ0v) is 16.7. The highest BCUT2D eigenvalue weighted by Gasteiger charge is 2.35. The van der Waals surface area contributed by atoms with Crippen molar-refractivity contribution in [3.05, 3.63) is 67.2 Å². The molecule has 0 radical (unpaired) electrons. The molecule has 0 saturated carbocycles. The predicted molar refractivity (Wildman–Crippen MR) is 100 cm³/mol. The van der Waals surface area contributed by atoms with Gasteiger partial charge in [0.25, 0.3) is 5.56 Å². The SMILES string of the molecule is COC(COc1cc(-n2c(=O)cc(C(F)(F)F)n(C)c2=O)ccc1Cl)=C(C)C(=O)O. The zero-order chi connectivity index (χ0) is 22.8. The fourth-order valence-electron chi connectivity index (χ4n) is 2.46. The maximum Gasteiger partial charge on any atom is 0.431 e. The largest absolute Gasteiger partial charge is 0.497 e. The van der Waals surface area contributed by atoms with E-state index in [0.717, 1.165) is 7.05 Å². The van der Waals surface area contributed by atoms with Crippen molar-refractivity contribution < 1.29 is 32.5 Å². The highest BCUT2D eigenvalue weighted by molar-refractivity contribution is 6.32. The van der Waals surface area contributed by atoms with Crippen LogP contribution in [-0.4, -0.2) is 33.9 Å². The molecule has 0 aliphatic rings. The number of nitrogens with zero attached hydrogens (tertiary/aromatic N) is 2. The lowest BCUT2D eigenvalue weighted by molar-refractivity contribution is -0.144. The second-order valence-corrected chi connectivity index (χ2v) is 6.41. The number of carboxylic acids is 1. The van der Waals surface area contributed by atoms with Gasteiger partial charge in [0.15, 0.2) is 0 Å². The topological polar surface area (TPSA) is 99.8 Å². The van der Waals surface area contributed by atoms with E-state index in [0.29, 0.717) is 15.2 Å². The highest BCUT2D eigenvalue weighted by Crippen LogP contribution is 2.29. The van der Waals surface area contributed by atoms with Gasteiger partial charge in [0.2, 0.25) is 0 Å². The number of alkyl halides is 3. The molecule has 2 aromatic rings. The van der Waals surface area contributed by atoms with Gasteiger partial charge in [0.1, 0.15) is 23.8 Å². The minimum absolute atomic E-state index is 0.00780. The summed E-state index contributed by atoms with van der Waals surface area (Å²) in [6.45, 7) is 0.964. The number of hydrogen-bond donors (Lipinski definition) is 1. The molecule has 30 heavy (non-hydrogen) atoms. The highest BCUT2D eigenvalue weighted by atomic mass is 35.5. The molecule has 1 aromatic carbocycles. The fourth-order valence-corrected chi connectivity index (χ4v) is 2.63. The summed E-state index contributed by atoms with van der Waals surface area (Å²) in [7, 11) is 2.13. The van der Waals surface area contributed by atoms with Gasteiger partial charge in [-0.3, -0.25) is 9.36 Å². The van der Waals surface area contributed by atoms with Crippen molar-refractivity contribution in [3.63, 3.8) is 0 Å².